The highest BCUT2D eigenvalue weighted by Gasteiger charge is 2.25. The van der Waals surface area contributed by atoms with Crippen LogP contribution in [0.2, 0.25) is 5.02 Å². The van der Waals surface area contributed by atoms with Crippen molar-refractivity contribution in [3.63, 3.8) is 0 Å². The number of rotatable bonds is 3. The number of hydrogen-bond donors (Lipinski definition) is 1. The molecule has 1 aliphatic carbocycles. The van der Waals surface area contributed by atoms with E-state index in [0.717, 1.165) is 5.56 Å². The van der Waals surface area contributed by atoms with E-state index in [0.29, 0.717) is 18.4 Å². The number of nitrogens with two attached hydrogens (primary N) is 1. The van der Waals surface area contributed by atoms with Gasteiger partial charge in [-0.3, -0.25) is 0 Å². The van der Waals surface area contributed by atoms with Crippen molar-refractivity contribution in [3.8, 4) is 0 Å². The van der Waals surface area contributed by atoms with Gasteiger partial charge >= 0.3 is 0 Å². The third-order valence-corrected chi connectivity index (χ3v) is 3.88. The van der Waals surface area contributed by atoms with Crippen molar-refractivity contribution in [3.05, 3.63) is 34.6 Å². The van der Waals surface area contributed by atoms with Crippen LogP contribution in [0.25, 0.3) is 0 Å². The molecule has 16 heavy (non-hydrogen) atoms. The molecule has 1 aliphatic rings. The topological polar surface area (TPSA) is 26.0 Å². The lowest BCUT2D eigenvalue weighted by atomic mass is 9.85. The van der Waals surface area contributed by atoms with Gasteiger partial charge in [-0.05, 0) is 48.9 Å². The van der Waals surface area contributed by atoms with Crippen LogP contribution in [0.4, 0.5) is 4.39 Å². The Morgan fingerprint density at radius 1 is 1.38 bits per heavy atom. The van der Waals surface area contributed by atoms with E-state index >= 15 is 0 Å². The normalized spacial score (nSPS) is 18.9. The summed E-state index contributed by atoms with van der Waals surface area (Å²) in [5.74, 6) is 0.625. The van der Waals surface area contributed by atoms with Gasteiger partial charge in [0.25, 0.3) is 0 Å². The lowest BCUT2D eigenvalue weighted by Crippen LogP contribution is -2.19. The van der Waals surface area contributed by atoms with Crippen LogP contribution in [-0.4, -0.2) is 6.54 Å². The predicted molar refractivity (Wildman–Crippen MR) is 65.2 cm³/mol. The molecule has 2 N–H and O–H groups in total. The Hall–Kier alpha value is -0.600. The van der Waals surface area contributed by atoms with E-state index in [4.69, 9.17) is 17.3 Å². The van der Waals surface area contributed by atoms with Crippen LogP contribution in [0.1, 0.15) is 37.2 Å². The molecule has 1 aromatic rings. The van der Waals surface area contributed by atoms with Crippen LogP contribution in [0.3, 0.4) is 0 Å². The van der Waals surface area contributed by atoms with Crippen LogP contribution < -0.4 is 5.73 Å². The van der Waals surface area contributed by atoms with Gasteiger partial charge in [0.15, 0.2) is 0 Å². The second kappa shape index (κ2) is 5.15. The van der Waals surface area contributed by atoms with E-state index in [1.165, 1.54) is 31.7 Å². The molecule has 0 radical (unpaired) electrons. The van der Waals surface area contributed by atoms with Crippen LogP contribution in [0, 0.1) is 11.7 Å². The van der Waals surface area contributed by atoms with E-state index in [2.05, 4.69) is 0 Å². The zero-order chi connectivity index (χ0) is 11.5. The van der Waals surface area contributed by atoms with E-state index < -0.39 is 0 Å². The Balaban J connectivity index is 2.22. The van der Waals surface area contributed by atoms with Crippen LogP contribution in [0.15, 0.2) is 18.2 Å². The second-order valence-corrected chi connectivity index (χ2v) is 4.97. The van der Waals surface area contributed by atoms with E-state index in [9.17, 15) is 4.39 Å². The Kier molecular flexibility index (Phi) is 3.82. The molecule has 1 fully saturated rings. The number of hydrogen-bond acceptors (Lipinski definition) is 1. The number of benzene rings is 1. The molecule has 0 aliphatic heterocycles. The monoisotopic (exact) mass is 241 g/mol. The van der Waals surface area contributed by atoms with Crippen molar-refractivity contribution < 1.29 is 4.39 Å². The highest BCUT2D eigenvalue weighted by atomic mass is 35.5. The lowest BCUT2D eigenvalue weighted by Gasteiger charge is -2.22. The summed E-state index contributed by atoms with van der Waals surface area (Å²) in [7, 11) is 0. The Bertz CT molecular complexity index is 361. The molecule has 0 heterocycles. The van der Waals surface area contributed by atoms with Gasteiger partial charge < -0.3 is 5.73 Å². The minimum Gasteiger partial charge on any atom is -0.330 e. The molecule has 0 amide bonds. The van der Waals surface area contributed by atoms with Gasteiger partial charge in [-0.1, -0.05) is 30.5 Å². The Morgan fingerprint density at radius 3 is 2.62 bits per heavy atom. The van der Waals surface area contributed by atoms with Gasteiger partial charge in [0, 0.05) is 0 Å². The summed E-state index contributed by atoms with van der Waals surface area (Å²) < 4.78 is 13.1. The fraction of sp³-hybridized carbons (Fsp3) is 0.538. The molecular formula is C13H17ClFN. The first-order valence-corrected chi connectivity index (χ1v) is 6.25. The van der Waals surface area contributed by atoms with Crippen LogP contribution in [0.5, 0.6) is 0 Å². The smallest absolute Gasteiger partial charge is 0.141 e. The third kappa shape index (κ3) is 2.38. The van der Waals surface area contributed by atoms with Crippen molar-refractivity contribution in [2.24, 2.45) is 11.7 Å². The fourth-order valence-electron chi connectivity index (χ4n) is 2.70. The maximum absolute atomic E-state index is 13.1. The predicted octanol–water partition coefficient (Wildman–Crippen LogP) is 3.71. The van der Waals surface area contributed by atoms with Gasteiger partial charge in [0.05, 0.1) is 5.02 Å². The van der Waals surface area contributed by atoms with E-state index in [1.54, 1.807) is 6.07 Å². The highest BCUT2D eigenvalue weighted by molar-refractivity contribution is 6.30. The Labute approximate surface area is 101 Å². The molecule has 1 nitrogen and oxygen atoms in total. The minimum absolute atomic E-state index is 0.203. The zero-order valence-corrected chi connectivity index (χ0v) is 10.0. The molecule has 1 aromatic carbocycles. The standard InChI is InChI=1S/C13H17ClFN/c14-12-7-10(5-6-13(12)15)11(8-16)9-3-1-2-4-9/h5-7,9,11H,1-4,8,16H2. The van der Waals surface area contributed by atoms with E-state index in [-0.39, 0.29) is 10.8 Å². The highest BCUT2D eigenvalue weighted by Crippen LogP contribution is 2.37. The quantitative estimate of drug-likeness (QED) is 0.858. The van der Waals surface area contributed by atoms with Gasteiger partial charge in [0.2, 0.25) is 0 Å². The van der Waals surface area contributed by atoms with Crippen LogP contribution in [-0.2, 0) is 0 Å². The van der Waals surface area contributed by atoms with Crippen molar-refractivity contribution in [2.45, 2.75) is 31.6 Å². The summed E-state index contributed by atoms with van der Waals surface area (Å²) in [4.78, 5) is 0. The number of halogens is 2. The van der Waals surface area contributed by atoms with Crippen molar-refractivity contribution in [1.29, 1.82) is 0 Å². The maximum atomic E-state index is 13.1. The van der Waals surface area contributed by atoms with Gasteiger partial charge in [-0.2, -0.15) is 0 Å². The molecule has 0 bridgehead atoms. The average molecular weight is 242 g/mol. The van der Waals surface area contributed by atoms with Crippen molar-refractivity contribution >= 4 is 11.6 Å². The van der Waals surface area contributed by atoms with E-state index in [1.807, 2.05) is 6.07 Å². The zero-order valence-electron chi connectivity index (χ0n) is 9.26. The molecule has 1 saturated carbocycles. The summed E-state index contributed by atoms with van der Waals surface area (Å²) >= 11 is 5.81. The first-order chi connectivity index (χ1) is 7.72. The molecule has 0 spiro atoms. The molecule has 1 unspecified atom stereocenters. The van der Waals surface area contributed by atoms with Crippen molar-refractivity contribution in [1.82, 2.24) is 0 Å². The SMILES string of the molecule is NCC(c1ccc(F)c(Cl)c1)C1CCCC1. The fourth-order valence-corrected chi connectivity index (χ4v) is 2.89. The molecule has 0 aromatic heterocycles. The summed E-state index contributed by atoms with van der Waals surface area (Å²) in [6, 6.07) is 4.99. The van der Waals surface area contributed by atoms with Gasteiger partial charge in [-0.15, -0.1) is 0 Å². The van der Waals surface area contributed by atoms with Gasteiger partial charge in [0.1, 0.15) is 5.82 Å². The molecule has 88 valence electrons. The van der Waals surface area contributed by atoms with Crippen molar-refractivity contribution in [2.75, 3.05) is 6.54 Å². The molecule has 2 rings (SSSR count). The second-order valence-electron chi connectivity index (χ2n) is 4.56. The van der Waals surface area contributed by atoms with Crippen LogP contribution >= 0.6 is 11.6 Å². The molecule has 0 saturated heterocycles. The molecule has 1 atom stereocenters. The third-order valence-electron chi connectivity index (χ3n) is 3.59. The summed E-state index contributed by atoms with van der Waals surface area (Å²) in [5, 5.41) is 0.203. The Morgan fingerprint density at radius 2 is 2.06 bits per heavy atom. The first kappa shape index (κ1) is 11.9. The lowest BCUT2D eigenvalue weighted by molar-refractivity contribution is 0.440. The minimum atomic E-state index is -0.354. The average Bonchev–Trinajstić information content (AvgIpc) is 2.78. The summed E-state index contributed by atoms with van der Waals surface area (Å²) in [6.07, 6.45) is 5.04. The first-order valence-electron chi connectivity index (χ1n) is 5.87. The van der Waals surface area contributed by atoms with Gasteiger partial charge in [-0.25, -0.2) is 4.39 Å². The summed E-state index contributed by atoms with van der Waals surface area (Å²) in [5.41, 5.74) is 6.92. The largest absolute Gasteiger partial charge is 0.330 e. The summed E-state index contributed by atoms with van der Waals surface area (Å²) in [6.45, 7) is 0.618. The molecular weight excluding hydrogens is 225 g/mol. The maximum Gasteiger partial charge on any atom is 0.141 e. The molecule has 3 heteroatoms.